The van der Waals surface area contributed by atoms with Crippen LogP contribution >= 0.6 is 11.3 Å². The minimum absolute atomic E-state index is 0.146. The molecule has 0 fully saturated rings. The van der Waals surface area contributed by atoms with Gasteiger partial charge in [-0.25, -0.2) is 4.98 Å². The van der Waals surface area contributed by atoms with E-state index < -0.39 is 0 Å². The molecule has 2 aromatic rings. The summed E-state index contributed by atoms with van der Waals surface area (Å²) < 4.78 is 5.38. The Bertz CT molecular complexity index is 542. The number of benzene rings is 1. The number of aromatic nitrogens is 1. The van der Waals surface area contributed by atoms with Crippen LogP contribution in [-0.2, 0) is 13.1 Å². The van der Waals surface area contributed by atoms with Gasteiger partial charge in [0.1, 0.15) is 5.75 Å². The summed E-state index contributed by atoms with van der Waals surface area (Å²) in [7, 11) is 1.68. The maximum absolute atomic E-state index is 9.25. The number of ether oxygens (including phenoxy) is 1. The number of rotatable bonds is 7. The first-order valence-corrected chi connectivity index (χ1v) is 7.46. The Labute approximate surface area is 123 Å². The van der Waals surface area contributed by atoms with Gasteiger partial charge >= 0.3 is 0 Å². The van der Waals surface area contributed by atoms with Crippen molar-refractivity contribution >= 4 is 11.3 Å². The summed E-state index contributed by atoms with van der Waals surface area (Å²) >= 11 is 1.66. The third-order valence-electron chi connectivity index (χ3n) is 3.21. The van der Waals surface area contributed by atoms with Crippen LogP contribution in [0.2, 0.25) is 0 Å². The summed E-state index contributed by atoms with van der Waals surface area (Å²) in [6.07, 6.45) is 0. The Hall–Kier alpha value is -1.43. The third kappa shape index (κ3) is 3.79. The summed E-state index contributed by atoms with van der Waals surface area (Å²) in [4.78, 5) is 7.73. The second-order valence-corrected chi connectivity index (χ2v) is 5.55. The monoisotopic (exact) mass is 292 g/mol. The molecule has 0 aliphatic heterocycles. The van der Waals surface area contributed by atoms with Crippen molar-refractivity contribution in [1.29, 1.82) is 0 Å². The summed E-state index contributed by atoms with van der Waals surface area (Å²) in [6, 6.07) is 7.99. The van der Waals surface area contributed by atoms with E-state index in [2.05, 4.69) is 16.0 Å². The summed E-state index contributed by atoms with van der Waals surface area (Å²) in [5, 5.41) is 9.25. The second kappa shape index (κ2) is 7.38. The van der Waals surface area contributed by atoms with Gasteiger partial charge in [-0.1, -0.05) is 18.2 Å². The van der Waals surface area contributed by atoms with Crippen LogP contribution in [-0.4, -0.2) is 35.3 Å². The highest BCUT2D eigenvalue weighted by molar-refractivity contribution is 7.09. The molecule has 0 saturated carbocycles. The van der Waals surface area contributed by atoms with Crippen LogP contribution in [0.25, 0.3) is 0 Å². The smallest absolute Gasteiger partial charge is 0.123 e. The Morgan fingerprint density at radius 2 is 2.10 bits per heavy atom. The molecular weight excluding hydrogens is 272 g/mol. The van der Waals surface area contributed by atoms with Crippen molar-refractivity contribution in [2.45, 2.75) is 20.0 Å². The lowest BCUT2D eigenvalue weighted by molar-refractivity contribution is 0.183. The van der Waals surface area contributed by atoms with E-state index >= 15 is 0 Å². The number of aliphatic hydroxyl groups excluding tert-OH is 1. The van der Waals surface area contributed by atoms with E-state index in [0.717, 1.165) is 30.1 Å². The quantitative estimate of drug-likeness (QED) is 0.851. The average Bonchev–Trinajstić information content (AvgIpc) is 2.85. The predicted octanol–water partition coefficient (Wildman–Crippen LogP) is 2.45. The van der Waals surface area contributed by atoms with Crippen molar-refractivity contribution in [3.63, 3.8) is 0 Å². The molecule has 2 rings (SSSR count). The first-order chi connectivity index (χ1) is 9.74. The zero-order valence-electron chi connectivity index (χ0n) is 11.9. The van der Waals surface area contributed by atoms with E-state index in [0.29, 0.717) is 6.54 Å². The predicted molar refractivity (Wildman–Crippen MR) is 81.0 cm³/mol. The molecule has 4 nitrogen and oxygen atoms in total. The van der Waals surface area contributed by atoms with Crippen LogP contribution in [0.1, 0.15) is 16.1 Å². The fourth-order valence-electron chi connectivity index (χ4n) is 2.11. The molecular formula is C15H20N2O2S. The van der Waals surface area contributed by atoms with Gasteiger partial charge in [-0.05, 0) is 13.0 Å². The largest absolute Gasteiger partial charge is 0.496 e. The lowest BCUT2D eigenvalue weighted by atomic mass is 10.2. The molecule has 1 aromatic carbocycles. The van der Waals surface area contributed by atoms with E-state index in [9.17, 15) is 5.11 Å². The molecule has 0 unspecified atom stereocenters. The minimum atomic E-state index is 0.146. The number of aryl methyl sites for hydroxylation is 1. The van der Waals surface area contributed by atoms with Crippen LogP contribution in [0.5, 0.6) is 5.75 Å². The van der Waals surface area contributed by atoms with Crippen molar-refractivity contribution < 1.29 is 9.84 Å². The molecule has 0 aliphatic rings. The highest BCUT2D eigenvalue weighted by Gasteiger charge is 2.12. The van der Waals surface area contributed by atoms with Gasteiger partial charge in [-0.3, -0.25) is 4.90 Å². The van der Waals surface area contributed by atoms with Gasteiger partial charge in [0.15, 0.2) is 0 Å². The van der Waals surface area contributed by atoms with Gasteiger partial charge < -0.3 is 9.84 Å². The van der Waals surface area contributed by atoms with Gasteiger partial charge in [0.25, 0.3) is 0 Å². The number of hydrogen-bond acceptors (Lipinski definition) is 5. The molecule has 0 atom stereocenters. The molecule has 0 saturated heterocycles. The highest BCUT2D eigenvalue weighted by atomic mass is 32.1. The van der Waals surface area contributed by atoms with Crippen LogP contribution in [0.15, 0.2) is 29.8 Å². The molecule has 1 aromatic heterocycles. The zero-order valence-corrected chi connectivity index (χ0v) is 12.7. The number of hydrogen-bond donors (Lipinski definition) is 1. The molecule has 0 spiro atoms. The molecule has 5 heteroatoms. The maximum Gasteiger partial charge on any atom is 0.123 e. The van der Waals surface area contributed by atoms with E-state index in [1.165, 1.54) is 4.88 Å². The second-order valence-electron chi connectivity index (χ2n) is 4.61. The molecule has 0 radical (unpaired) electrons. The molecule has 1 N–H and O–H groups in total. The SMILES string of the molecule is COc1ccccc1CN(CCO)Cc1scnc1C. The first-order valence-electron chi connectivity index (χ1n) is 6.58. The zero-order chi connectivity index (χ0) is 14.4. The van der Waals surface area contributed by atoms with Gasteiger partial charge in [0.2, 0.25) is 0 Å². The van der Waals surface area contributed by atoms with Crippen LogP contribution in [0.4, 0.5) is 0 Å². The summed E-state index contributed by atoms with van der Waals surface area (Å²) in [5.74, 6) is 0.886. The van der Waals surface area contributed by atoms with E-state index in [4.69, 9.17) is 4.74 Å². The lowest BCUT2D eigenvalue weighted by Gasteiger charge is -2.22. The summed E-state index contributed by atoms with van der Waals surface area (Å²) in [6.45, 7) is 4.35. The van der Waals surface area contributed by atoms with Crippen LogP contribution in [0, 0.1) is 6.92 Å². The van der Waals surface area contributed by atoms with Crippen molar-refractivity contribution in [2.24, 2.45) is 0 Å². The van der Waals surface area contributed by atoms with Crippen LogP contribution in [0.3, 0.4) is 0 Å². The standard InChI is InChI=1S/C15H20N2O2S/c1-12-15(20-11-16-12)10-17(7-8-18)9-13-5-3-4-6-14(13)19-2/h3-6,11,18H,7-10H2,1-2H3. The van der Waals surface area contributed by atoms with Crippen molar-refractivity contribution in [3.8, 4) is 5.75 Å². The van der Waals surface area contributed by atoms with Gasteiger partial charge in [-0.15, -0.1) is 11.3 Å². The van der Waals surface area contributed by atoms with Gasteiger partial charge in [-0.2, -0.15) is 0 Å². The average molecular weight is 292 g/mol. The number of para-hydroxylation sites is 1. The number of methoxy groups -OCH3 is 1. The molecule has 0 amide bonds. The van der Waals surface area contributed by atoms with Crippen molar-refractivity contribution in [2.75, 3.05) is 20.3 Å². The highest BCUT2D eigenvalue weighted by Crippen LogP contribution is 2.21. The van der Waals surface area contributed by atoms with Crippen molar-refractivity contribution in [3.05, 3.63) is 45.9 Å². The normalized spacial score (nSPS) is 11.0. The molecule has 20 heavy (non-hydrogen) atoms. The Kier molecular flexibility index (Phi) is 5.52. The minimum Gasteiger partial charge on any atom is -0.496 e. The summed E-state index contributed by atoms with van der Waals surface area (Å²) in [5.41, 5.74) is 4.06. The number of aliphatic hydroxyl groups is 1. The number of nitrogens with zero attached hydrogens (tertiary/aromatic N) is 2. The molecule has 0 aliphatic carbocycles. The van der Waals surface area contributed by atoms with E-state index in [-0.39, 0.29) is 6.61 Å². The molecule has 108 valence electrons. The Morgan fingerprint density at radius 1 is 1.30 bits per heavy atom. The fourth-order valence-corrected chi connectivity index (χ4v) is 2.93. The van der Waals surface area contributed by atoms with Crippen LogP contribution < -0.4 is 4.74 Å². The fraction of sp³-hybridized carbons (Fsp3) is 0.400. The Morgan fingerprint density at radius 3 is 2.75 bits per heavy atom. The maximum atomic E-state index is 9.25. The van der Waals surface area contributed by atoms with Gasteiger partial charge in [0, 0.05) is 30.1 Å². The number of thiazole rings is 1. The lowest BCUT2D eigenvalue weighted by Crippen LogP contribution is -2.26. The topological polar surface area (TPSA) is 45.6 Å². The molecule has 0 bridgehead atoms. The van der Waals surface area contributed by atoms with Gasteiger partial charge in [0.05, 0.1) is 24.9 Å². The van der Waals surface area contributed by atoms with E-state index in [1.54, 1.807) is 18.4 Å². The molecule has 1 heterocycles. The van der Waals surface area contributed by atoms with Crippen molar-refractivity contribution in [1.82, 2.24) is 9.88 Å². The Balaban J connectivity index is 2.11. The first kappa shape index (κ1) is 15.0. The third-order valence-corrected chi connectivity index (χ3v) is 4.13. The van der Waals surface area contributed by atoms with E-state index in [1.807, 2.05) is 30.6 Å².